The van der Waals surface area contributed by atoms with E-state index in [-0.39, 0.29) is 5.56 Å². The van der Waals surface area contributed by atoms with Gasteiger partial charge in [0.15, 0.2) is 0 Å². The van der Waals surface area contributed by atoms with Crippen molar-refractivity contribution in [2.75, 3.05) is 0 Å². The first-order valence-electron chi connectivity index (χ1n) is 6.22. The van der Waals surface area contributed by atoms with Gasteiger partial charge < -0.3 is 9.67 Å². The first kappa shape index (κ1) is 13.6. The number of benzene rings is 1. The Kier molecular flexibility index (Phi) is 3.72. The molecule has 0 atom stereocenters. The van der Waals surface area contributed by atoms with Crippen molar-refractivity contribution in [3.63, 3.8) is 0 Å². The molecule has 1 aromatic carbocycles. The Morgan fingerprint density at radius 3 is 2.80 bits per heavy atom. The van der Waals surface area contributed by atoms with Gasteiger partial charge in [0.05, 0.1) is 16.7 Å². The molecule has 0 aliphatic carbocycles. The lowest BCUT2D eigenvalue weighted by Crippen LogP contribution is -1.99. The molecule has 0 radical (unpaired) electrons. The molecule has 0 saturated carbocycles. The average Bonchev–Trinajstić information content (AvgIpc) is 2.87. The molecule has 1 heterocycles. The van der Waals surface area contributed by atoms with E-state index in [0.29, 0.717) is 12.0 Å². The van der Waals surface area contributed by atoms with E-state index in [2.05, 4.69) is 12.6 Å². The van der Waals surface area contributed by atoms with Gasteiger partial charge in [-0.05, 0) is 36.8 Å². The summed E-state index contributed by atoms with van der Waals surface area (Å²) in [5, 5.41) is 19.0. The Balaban J connectivity index is 2.68. The molecule has 0 saturated heterocycles. The Bertz CT molecular complexity index is 760. The van der Waals surface area contributed by atoms with Crippen LogP contribution in [0, 0.1) is 11.3 Å². The fourth-order valence-corrected chi connectivity index (χ4v) is 2.23. The average molecular weight is 266 g/mol. The number of allylic oxidation sites excluding steroid dienone is 3. The number of hydrogen-bond donors (Lipinski definition) is 1. The molecule has 4 heteroatoms. The summed E-state index contributed by atoms with van der Waals surface area (Å²) in [5.74, 6) is -0.949. The third kappa shape index (κ3) is 2.21. The fourth-order valence-electron chi connectivity index (χ4n) is 2.23. The number of hydrogen-bond acceptors (Lipinski definition) is 2. The molecule has 0 fully saturated rings. The van der Waals surface area contributed by atoms with Crippen LogP contribution in [0.5, 0.6) is 0 Å². The van der Waals surface area contributed by atoms with Crippen molar-refractivity contribution >= 4 is 22.6 Å². The molecule has 0 amide bonds. The lowest BCUT2D eigenvalue weighted by molar-refractivity contribution is 0.0697. The lowest BCUT2D eigenvalue weighted by Gasteiger charge is -2.10. The van der Waals surface area contributed by atoms with Crippen molar-refractivity contribution in [1.82, 2.24) is 4.57 Å². The molecule has 0 aliphatic rings. The van der Waals surface area contributed by atoms with Gasteiger partial charge in [0.1, 0.15) is 6.07 Å². The lowest BCUT2D eigenvalue weighted by atomic mass is 10.1. The highest BCUT2D eigenvalue weighted by atomic mass is 16.4. The summed E-state index contributed by atoms with van der Waals surface area (Å²) in [7, 11) is 0. The van der Waals surface area contributed by atoms with Gasteiger partial charge in [0.2, 0.25) is 0 Å². The number of aromatic carboxylic acids is 1. The summed E-state index contributed by atoms with van der Waals surface area (Å²) >= 11 is 0. The Hall–Kier alpha value is -2.80. The van der Waals surface area contributed by atoms with Gasteiger partial charge in [-0.25, -0.2) is 4.79 Å². The molecule has 1 N–H and O–H groups in total. The summed E-state index contributed by atoms with van der Waals surface area (Å²) in [6, 6.07) is 8.92. The van der Waals surface area contributed by atoms with E-state index in [9.17, 15) is 4.79 Å². The van der Waals surface area contributed by atoms with Crippen molar-refractivity contribution in [1.29, 1.82) is 5.26 Å². The summed E-state index contributed by atoms with van der Waals surface area (Å²) in [6.07, 6.45) is 4.06. The second kappa shape index (κ2) is 5.45. The normalized spacial score (nSPS) is 11.8. The van der Waals surface area contributed by atoms with Gasteiger partial charge in [-0.3, -0.25) is 0 Å². The molecule has 2 aromatic rings. The van der Waals surface area contributed by atoms with Crippen molar-refractivity contribution in [3.05, 3.63) is 54.3 Å². The maximum absolute atomic E-state index is 11.0. The van der Waals surface area contributed by atoms with Crippen LogP contribution in [0.3, 0.4) is 0 Å². The summed E-state index contributed by atoms with van der Waals surface area (Å²) in [4.78, 5) is 11.0. The highest BCUT2D eigenvalue weighted by molar-refractivity contribution is 5.94. The number of nitrogens with zero attached hydrogens (tertiary/aromatic N) is 2. The van der Waals surface area contributed by atoms with Crippen molar-refractivity contribution in [2.45, 2.75) is 13.3 Å². The standard InChI is InChI=1S/C16H14N2O2/c1-3-11(10-17)14(4-2)18-8-7-12-9-13(16(19)20)5-6-15(12)18/h3,5-9H,1,4H2,2H3,(H,19,20). The first-order chi connectivity index (χ1) is 9.62. The number of rotatable bonds is 4. The van der Waals surface area contributed by atoms with Crippen LogP contribution in [-0.2, 0) is 0 Å². The number of aromatic nitrogens is 1. The van der Waals surface area contributed by atoms with E-state index >= 15 is 0 Å². The smallest absolute Gasteiger partial charge is 0.335 e. The maximum atomic E-state index is 11.0. The van der Waals surface area contributed by atoms with Crippen LogP contribution in [0.4, 0.5) is 0 Å². The van der Waals surface area contributed by atoms with Crippen LogP contribution in [0.15, 0.2) is 48.7 Å². The molecular formula is C16H14N2O2. The quantitative estimate of drug-likeness (QED) is 0.678. The second-order valence-corrected chi connectivity index (χ2v) is 4.29. The van der Waals surface area contributed by atoms with E-state index in [1.54, 1.807) is 18.2 Å². The zero-order chi connectivity index (χ0) is 14.7. The van der Waals surface area contributed by atoms with E-state index in [4.69, 9.17) is 10.4 Å². The Morgan fingerprint density at radius 1 is 1.50 bits per heavy atom. The number of carbonyl (C=O) groups is 1. The molecule has 100 valence electrons. The predicted octanol–water partition coefficient (Wildman–Crippen LogP) is 3.67. The molecule has 20 heavy (non-hydrogen) atoms. The minimum Gasteiger partial charge on any atom is -0.478 e. The first-order valence-corrected chi connectivity index (χ1v) is 6.22. The largest absolute Gasteiger partial charge is 0.478 e. The molecule has 0 unspecified atom stereocenters. The highest BCUT2D eigenvalue weighted by Crippen LogP contribution is 2.25. The minimum absolute atomic E-state index is 0.251. The van der Waals surface area contributed by atoms with Crippen molar-refractivity contribution in [2.24, 2.45) is 0 Å². The molecule has 0 aliphatic heterocycles. The predicted molar refractivity (Wildman–Crippen MR) is 78.2 cm³/mol. The second-order valence-electron chi connectivity index (χ2n) is 4.29. The molecule has 4 nitrogen and oxygen atoms in total. The monoisotopic (exact) mass is 266 g/mol. The van der Waals surface area contributed by atoms with E-state index in [0.717, 1.165) is 16.6 Å². The Morgan fingerprint density at radius 2 is 2.25 bits per heavy atom. The van der Waals surface area contributed by atoms with Crippen LogP contribution in [0.2, 0.25) is 0 Å². The third-order valence-corrected chi connectivity index (χ3v) is 3.20. The third-order valence-electron chi connectivity index (χ3n) is 3.20. The fraction of sp³-hybridized carbons (Fsp3) is 0.125. The molecular weight excluding hydrogens is 252 g/mol. The van der Waals surface area contributed by atoms with Gasteiger partial charge in [-0.1, -0.05) is 13.5 Å². The van der Waals surface area contributed by atoms with Crippen LogP contribution < -0.4 is 0 Å². The van der Waals surface area contributed by atoms with E-state index in [1.165, 1.54) is 6.08 Å². The van der Waals surface area contributed by atoms with E-state index in [1.807, 2.05) is 23.8 Å². The van der Waals surface area contributed by atoms with Crippen LogP contribution in [0.25, 0.3) is 16.6 Å². The van der Waals surface area contributed by atoms with Gasteiger partial charge in [0, 0.05) is 17.3 Å². The van der Waals surface area contributed by atoms with Crippen LogP contribution >= 0.6 is 0 Å². The van der Waals surface area contributed by atoms with E-state index < -0.39 is 5.97 Å². The Labute approximate surface area is 116 Å². The summed E-state index contributed by atoms with van der Waals surface area (Å²) in [5.41, 5.74) is 2.50. The number of carboxylic acids is 1. The van der Waals surface area contributed by atoms with Crippen LogP contribution in [0.1, 0.15) is 23.7 Å². The minimum atomic E-state index is -0.949. The zero-order valence-corrected chi connectivity index (χ0v) is 11.1. The summed E-state index contributed by atoms with van der Waals surface area (Å²) < 4.78 is 1.90. The molecule has 0 spiro atoms. The van der Waals surface area contributed by atoms with Crippen molar-refractivity contribution in [3.8, 4) is 6.07 Å². The van der Waals surface area contributed by atoms with Gasteiger partial charge in [-0.15, -0.1) is 0 Å². The molecule has 1 aromatic heterocycles. The topological polar surface area (TPSA) is 66.0 Å². The van der Waals surface area contributed by atoms with Gasteiger partial charge in [-0.2, -0.15) is 5.26 Å². The molecule has 0 bridgehead atoms. The van der Waals surface area contributed by atoms with Crippen LogP contribution in [-0.4, -0.2) is 15.6 Å². The van der Waals surface area contributed by atoms with Gasteiger partial charge in [0.25, 0.3) is 0 Å². The van der Waals surface area contributed by atoms with Gasteiger partial charge >= 0.3 is 5.97 Å². The molecule has 2 rings (SSSR count). The number of carboxylic acid groups (broad SMARTS) is 1. The maximum Gasteiger partial charge on any atom is 0.335 e. The SMILES string of the molecule is C=CC(C#N)=C(CC)n1ccc2cc(C(=O)O)ccc21. The number of nitriles is 1. The van der Waals surface area contributed by atoms with Crippen molar-refractivity contribution < 1.29 is 9.90 Å². The number of fused-ring (bicyclic) bond motifs is 1. The summed E-state index contributed by atoms with van der Waals surface area (Å²) in [6.45, 7) is 5.62. The highest BCUT2D eigenvalue weighted by Gasteiger charge is 2.10. The zero-order valence-electron chi connectivity index (χ0n) is 11.1.